The Morgan fingerprint density at radius 3 is 2.33 bits per heavy atom. The second kappa shape index (κ2) is 7.66. The highest BCUT2D eigenvalue weighted by Gasteiger charge is 2.13. The van der Waals surface area contributed by atoms with Gasteiger partial charge in [-0.2, -0.15) is 4.98 Å². The summed E-state index contributed by atoms with van der Waals surface area (Å²) >= 11 is 0. The van der Waals surface area contributed by atoms with E-state index >= 15 is 0 Å². The lowest BCUT2D eigenvalue weighted by molar-refractivity contribution is 0.416. The molecule has 2 aromatic carbocycles. The molecule has 0 aliphatic rings. The van der Waals surface area contributed by atoms with E-state index in [1.54, 1.807) is 13.3 Å². The molecule has 0 saturated carbocycles. The number of nitrogens with zero attached hydrogens (tertiary/aromatic N) is 2. The van der Waals surface area contributed by atoms with Gasteiger partial charge in [-0.3, -0.25) is 0 Å². The van der Waals surface area contributed by atoms with Crippen LogP contribution in [0.25, 0.3) is 0 Å². The molecule has 0 aliphatic carbocycles. The van der Waals surface area contributed by atoms with E-state index < -0.39 is 0 Å². The van der Waals surface area contributed by atoms with Crippen LogP contribution in [0.15, 0.2) is 54.7 Å². The maximum absolute atomic E-state index is 5.40. The maximum atomic E-state index is 5.40. The summed E-state index contributed by atoms with van der Waals surface area (Å²) in [5.41, 5.74) is 4.39. The minimum absolute atomic E-state index is 0.136. The van der Waals surface area contributed by atoms with Crippen molar-refractivity contribution < 1.29 is 4.74 Å². The lowest BCUT2D eigenvalue weighted by atomic mass is 9.87. The van der Waals surface area contributed by atoms with Gasteiger partial charge in [0, 0.05) is 11.9 Å². The highest BCUT2D eigenvalue weighted by atomic mass is 16.5. The molecule has 0 spiro atoms. The summed E-state index contributed by atoms with van der Waals surface area (Å²) in [5.74, 6) is 1.98. The second-order valence-corrected chi connectivity index (χ2v) is 7.55. The Labute approximate surface area is 160 Å². The van der Waals surface area contributed by atoms with E-state index in [4.69, 9.17) is 4.74 Å². The monoisotopic (exact) mass is 362 g/mol. The molecule has 2 N–H and O–H groups in total. The van der Waals surface area contributed by atoms with Gasteiger partial charge in [-0.15, -0.1) is 0 Å². The summed E-state index contributed by atoms with van der Waals surface area (Å²) < 4.78 is 5.40. The molecule has 0 fully saturated rings. The smallest absolute Gasteiger partial charge is 0.229 e. The largest absolute Gasteiger partial charge is 0.495 e. The van der Waals surface area contributed by atoms with Crippen molar-refractivity contribution in [1.29, 1.82) is 0 Å². The van der Waals surface area contributed by atoms with Crippen LogP contribution in [0.5, 0.6) is 5.75 Å². The number of rotatable bonds is 5. The molecule has 5 heteroatoms. The lowest BCUT2D eigenvalue weighted by Crippen LogP contribution is -2.10. The number of aromatic nitrogens is 2. The van der Waals surface area contributed by atoms with Crippen molar-refractivity contribution in [1.82, 2.24) is 9.97 Å². The van der Waals surface area contributed by atoms with Crippen molar-refractivity contribution in [3.63, 3.8) is 0 Å². The van der Waals surface area contributed by atoms with Crippen LogP contribution in [0.1, 0.15) is 31.9 Å². The van der Waals surface area contributed by atoms with E-state index in [1.807, 2.05) is 31.2 Å². The standard InChI is InChI=1S/C22H26N4O/c1-15-6-11-19(27-5)18(14-15)25-21-23-13-12-20(26-21)24-17-9-7-16(8-10-17)22(2,3)4/h6-14H,1-5H3,(H2,23,24,25,26). The summed E-state index contributed by atoms with van der Waals surface area (Å²) in [7, 11) is 1.65. The summed E-state index contributed by atoms with van der Waals surface area (Å²) in [4.78, 5) is 8.86. The number of hydrogen-bond donors (Lipinski definition) is 2. The maximum Gasteiger partial charge on any atom is 0.229 e. The average Bonchev–Trinajstić information content (AvgIpc) is 2.62. The molecule has 0 unspecified atom stereocenters. The third-order valence-electron chi connectivity index (χ3n) is 4.28. The molecular formula is C22H26N4O. The van der Waals surface area contributed by atoms with E-state index in [2.05, 4.69) is 65.6 Å². The van der Waals surface area contributed by atoms with Crippen molar-refractivity contribution >= 4 is 23.1 Å². The SMILES string of the molecule is COc1ccc(C)cc1Nc1nccc(Nc2ccc(C(C)(C)C)cc2)n1. The molecular weight excluding hydrogens is 336 g/mol. The zero-order valence-corrected chi connectivity index (χ0v) is 16.5. The van der Waals surface area contributed by atoms with Crippen molar-refractivity contribution in [3.8, 4) is 5.75 Å². The van der Waals surface area contributed by atoms with Gasteiger partial charge in [-0.25, -0.2) is 4.98 Å². The third-order valence-corrected chi connectivity index (χ3v) is 4.28. The molecule has 0 bridgehead atoms. The Morgan fingerprint density at radius 1 is 0.926 bits per heavy atom. The van der Waals surface area contributed by atoms with Gasteiger partial charge < -0.3 is 15.4 Å². The first-order chi connectivity index (χ1) is 12.8. The zero-order valence-electron chi connectivity index (χ0n) is 16.5. The molecule has 0 saturated heterocycles. The quantitative estimate of drug-likeness (QED) is 0.620. The third kappa shape index (κ3) is 4.76. The molecule has 3 aromatic rings. The van der Waals surface area contributed by atoms with E-state index in [0.717, 1.165) is 28.5 Å². The number of nitrogens with one attached hydrogen (secondary N) is 2. The van der Waals surface area contributed by atoms with Crippen LogP contribution in [-0.2, 0) is 5.41 Å². The first kappa shape index (κ1) is 18.7. The number of anilines is 4. The van der Waals surface area contributed by atoms with Crippen molar-refractivity contribution in [3.05, 3.63) is 65.9 Å². The molecule has 1 aromatic heterocycles. The first-order valence-electron chi connectivity index (χ1n) is 8.97. The van der Waals surface area contributed by atoms with Gasteiger partial charge in [0.05, 0.1) is 12.8 Å². The highest BCUT2D eigenvalue weighted by Crippen LogP contribution is 2.28. The number of aryl methyl sites for hydroxylation is 1. The van der Waals surface area contributed by atoms with Crippen LogP contribution < -0.4 is 15.4 Å². The van der Waals surface area contributed by atoms with Gasteiger partial charge in [0.2, 0.25) is 5.95 Å². The van der Waals surface area contributed by atoms with Crippen molar-refractivity contribution in [2.45, 2.75) is 33.1 Å². The average molecular weight is 362 g/mol. The highest BCUT2D eigenvalue weighted by molar-refractivity contribution is 5.65. The van der Waals surface area contributed by atoms with Crippen molar-refractivity contribution in [2.75, 3.05) is 17.7 Å². The molecule has 5 nitrogen and oxygen atoms in total. The Balaban J connectivity index is 1.77. The first-order valence-corrected chi connectivity index (χ1v) is 8.97. The fourth-order valence-corrected chi connectivity index (χ4v) is 2.73. The van der Waals surface area contributed by atoms with Crippen LogP contribution in [0.2, 0.25) is 0 Å². The molecule has 0 aliphatic heterocycles. The topological polar surface area (TPSA) is 59.1 Å². The lowest BCUT2D eigenvalue weighted by Gasteiger charge is -2.19. The van der Waals surface area contributed by atoms with E-state index in [0.29, 0.717) is 5.95 Å². The van der Waals surface area contributed by atoms with E-state index in [1.165, 1.54) is 5.56 Å². The van der Waals surface area contributed by atoms with Crippen LogP contribution >= 0.6 is 0 Å². The fourth-order valence-electron chi connectivity index (χ4n) is 2.73. The van der Waals surface area contributed by atoms with Gasteiger partial charge in [0.1, 0.15) is 11.6 Å². The molecule has 3 rings (SSSR count). The van der Waals surface area contributed by atoms with Gasteiger partial charge in [-0.05, 0) is 53.8 Å². The molecule has 0 atom stereocenters. The molecule has 0 amide bonds. The van der Waals surface area contributed by atoms with Gasteiger partial charge in [0.25, 0.3) is 0 Å². The van der Waals surface area contributed by atoms with Crippen LogP contribution in [0.3, 0.4) is 0 Å². The van der Waals surface area contributed by atoms with Gasteiger partial charge >= 0.3 is 0 Å². The number of hydrogen-bond acceptors (Lipinski definition) is 5. The van der Waals surface area contributed by atoms with E-state index in [9.17, 15) is 0 Å². The molecule has 140 valence electrons. The minimum atomic E-state index is 0.136. The van der Waals surface area contributed by atoms with E-state index in [-0.39, 0.29) is 5.41 Å². The zero-order chi connectivity index (χ0) is 19.4. The molecule has 0 radical (unpaired) electrons. The van der Waals surface area contributed by atoms with Gasteiger partial charge in [0.15, 0.2) is 0 Å². The summed E-state index contributed by atoms with van der Waals surface area (Å²) in [6.45, 7) is 8.65. The predicted molar refractivity (Wildman–Crippen MR) is 111 cm³/mol. The second-order valence-electron chi connectivity index (χ2n) is 7.55. The Morgan fingerprint density at radius 2 is 1.67 bits per heavy atom. The van der Waals surface area contributed by atoms with Gasteiger partial charge in [-0.1, -0.05) is 39.0 Å². The summed E-state index contributed by atoms with van der Waals surface area (Å²) in [6, 6.07) is 16.2. The number of benzene rings is 2. The molecule has 1 heterocycles. The predicted octanol–water partition coefficient (Wildman–Crippen LogP) is 5.58. The number of methoxy groups -OCH3 is 1. The van der Waals surface area contributed by atoms with Crippen molar-refractivity contribution in [2.24, 2.45) is 0 Å². The summed E-state index contributed by atoms with van der Waals surface area (Å²) in [5, 5.41) is 6.56. The Bertz CT molecular complexity index is 914. The Kier molecular flexibility index (Phi) is 5.31. The fraction of sp³-hybridized carbons (Fsp3) is 0.273. The Hall–Kier alpha value is -3.08. The summed E-state index contributed by atoms with van der Waals surface area (Å²) in [6.07, 6.45) is 1.73. The normalized spacial score (nSPS) is 11.1. The minimum Gasteiger partial charge on any atom is -0.495 e. The molecule has 27 heavy (non-hydrogen) atoms. The number of ether oxygens (including phenoxy) is 1. The van der Waals surface area contributed by atoms with Crippen LogP contribution in [0, 0.1) is 6.92 Å². The van der Waals surface area contributed by atoms with Crippen LogP contribution in [-0.4, -0.2) is 17.1 Å². The van der Waals surface area contributed by atoms with Crippen LogP contribution in [0.4, 0.5) is 23.1 Å².